The molecule has 0 aliphatic carbocycles. The standard InChI is InChI=1S/C25H23N3O2S2/c1-17-23(18(2)30-28-17)16-32-24-8-4-3-7-22(24)25(29)27-20-9-11-21(12-10-20)31-15-19-6-5-13-26-14-19/h3-14H,15-16H2,1-2H3,(H,27,29). The van der Waals surface area contributed by atoms with Gasteiger partial charge in [0.1, 0.15) is 5.76 Å². The average Bonchev–Trinajstić information content (AvgIpc) is 3.15. The lowest BCUT2D eigenvalue weighted by Crippen LogP contribution is -2.12. The highest BCUT2D eigenvalue weighted by molar-refractivity contribution is 7.98. The topological polar surface area (TPSA) is 68.0 Å². The van der Waals surface area contributed by atoms with Crippen LogP contribution >= 0.6 is 23.5 Å². The molecule has 2 aromatic heterocycles. The van der Waals surface area contributed by atoms with E-state index in [9.17, 15) is 4.79 Å². The number of aromatic nitrogens is 2. The maximum Gasteiger partial charge on any atom is 0.256 e. The molecule has 0 fully saturated rings. The highest BCUT2D eigenvalue weighted by atomic mass is 32.2. The summed E-state index contributed by atoms with van der Waals surface area (Å²) in [4.78, 5) is 19.2. The number of benzene rings is 2. The minimum Gasteiger partial charge on any atom is -0.361 e. The van der Waals surface area contributed by atoms with Crippen molar-refractivity contribution < 1.29 is 9.32 Å². The number of hydrogen-bond acceptors (Lipinski definition) is 6. The van der Waals surface area contributed by atoms with E-state index in [-0.39, 0.29) is 5.91 Å². The first-order valence-electron chi connectivity index (χ1n) is 10.2. The van der Waals surface area contributed by atoms with Crippen LogP contribution in [0, 0.1) is 13.8 Å². The minimum absolute atomic E-state index is 0.123. The number of carbonyl (C=O) groups is 1. The summed E-state index contributed by atoms with van der Waals surface area (Å²) in [6, 6.07) is 19.6. The minimum atomic E-state index is -0.123. The summed E-state index contributed by atoms with van der Waals surface area (Å²) in [5.74, 6) is 2.25. The predicted molar refractivity (Wildman–Crippen MR) is 130 cm³/mol. The van der Waals surface area contributed by atoms with Crippen molar-refractivity contribution >= 4 is 35.1 Å². The number of pyridine rings is 1. The van der Waals surface area contributed by atoms with Crippen molar-refractivity contribution in [1.29, 1.82) is 0 Å². The number of nitrogens with zero attached hydrogens (tertiary/aromatic N) is 2. The highest BCUT2D eigenvalue weighted by Crippen LogP contribution is 2.30. The molecule has 0 spiro atoms. The third-order valence-corrected chi connectivity index (χ3v) is 7.11. The Morgan fingerprint density at radius 1 is 0.969 bits per heavy atom. The number of aryl methyl sites for hydroxylation is 2. The van der Waals surface area contributed by atoms with Crippen LogP contribution in [0.3, 0.4) is 0 Å². The monoisotopic (exact) mass is 461 g/mol. The molecular formula is C25H23N3O2S2. The van der Waals surface area contributed by atoms with Crippen molar-refractivity contribution in [1.82, 2.24) is 10.1 Å². The lowest BCUT2D eigenvalue weighted by molar-refractivity contribution is 0.102. The van der Waals surface area contributed by atoms with Gasteiger partial charge in [0.15, 0.2) is 0 Å². The molecule has 0 unspecified atom stereocenters. The molecule has 7 heteroatoms. The first-order chi connectivity index (χ1) is 15.6. The molecule has 5 nitrogen and oxygen atoms in total. The van der Waals surface area contributed by atoms with E-state index in [4.69, 9.17) is 4.52 Å². The van der Waals surface area contributed by atoms with Gasteiger partial charge in [-0.3, -0.25) is 9.78 Å². The Morgan fingerprint density at radius 2 is 1.78 bits per heavy atom. The molecule has 4 rings (SSSR count). The lowest BCUT2D eigenvalue weighted by Gasteiger charge is -2.10. The molecule has 1 N–H and O–H groups in total. The first-order valence-corrected chi connectivity index (χ1v) is 12.1. The van der Waals surface area contributed by atoms with Crippen LogP contribution < -0.4 is 5.32 Å². The molecule has 2 aromatic carbocycles. The molecule has 0 aliphatic heterocycles. The summed E-state index contributed by atoms with van der Waals surface area (Å²) in [6.45, 7) is 3.84. The number of amides is 1. The van der Waals surface area contributed by atoms with Crippen LogP contribution in [0.25, 0.3) is 0 Å². The van der Waals surface area contributed by atoms with Gasteiger partial charge < -0.3 is 9.84 Å². The number of nitrogens with one attached hydrogen (secondary N) is 1. The number of thioether (sulfide) groups is 2. The van der Waals surface area contributed by atoms with Crippen molar-refractivity contribution in [3.63, 3.8) is 0 Å². The number of carbonyl (C=O) groups excluding carboxylic acids is 1. The van der Waals surface area contributed by atoms with Gasteiger partial charge in [0.25, 0.3) is 5.91 Å². The van der Waals surface area contributed by atoms with Crippen LogP contribution in [0.4, 0.5) is 5.69 Å². The molecule has 162 valence electrons. The maximum atomic E-state index is 13.0. The van der Waals surface area contributed by atoms with Crippen LogP contribution in [0.1, 0.15) is 32.9 Å². The van der Waals surface area contributed by atoms with Gasteiger partial charge >= 0.3 is 0 Å². The Labute approximate surface area is 196 Å². The smallest absolute Gasteiger partial charge is 0.256 e. The van der Waals surface area contributed by atoms with Gasteiger partial charge in [0.05, 0.1) is 11.3 Å². The largest absolute Gasteiger partial charge is 0.361 e. The fraction of sp³-hybridized carbons (Fsp3) is 0.160. The van der Waals surface area contributed by atoms with Gasteiger partial charge in [-0.1, -0.05) is 23.4 Å². The van der Waals surface area contributed by atoms with E-state index in [2.05, 4.69) is 21.5 Å². The molecule has 4 aromatic rings. The molecular weight excluding hydrogens is 438 g/mol. The molecule has 0 atom stereocenters. The molecule has 0 aliphatic rings. The van der Waals surface area contributed by atoms with Crippen molar-refractivity contribution in [3.05, 3.63) is 101 Å². The van der Waals surface area contributed by atoms with Gasteiger partial charge in [-0.15, -0.1) is 23.5 Å². The summed E-state index contributed by atoms with van der Waals surface area (Å²) in [5.41, 5.74) is 4.56. The second-order valence-corrected chi connectivity index (χ2v) is 9.28. The van der Waals surface area contributed by atoms with Gasteiger partial charge in [-0.2, -0.15) is 0 Å². The van der Waals surface area contributed by atoms with Crippen LogP contribution in [0.5, 0.6) is 0 Å². The second-order valence-electron chi connectivity index (χ2n) is 7.22. The average molecular weight is 462 g/mol. The van der Waals surface area contributed by atoms with E-state index in [1.165, 1.54) is 5.56 Å². The van der Waals surface area contributed by atoms with E-state index in [0.717, 1.165) is 38.2 Å². The van der Waals surface area contributed by atoms with Crippen LogP contribution in [-0.2, 0) is 11.5 Å². The summed E-state index contributed by atoms with van der Waals surface area (Å²) in [5, 5.41) is 7.02. The zero-order valence-corrected chi connectivity index (χ0v) is 19.5. The lowest BCUT2D eigenvalue weighted by atomic mass is 10.2. The summed E-state index contributed by atoms with van der Waals surface area (Å²) < 4.78 is 5.25. The van der Waals surface area contributed by atoms with E-state index >= 15 is 0 Å². The van der Waals surface area contributed by atoms with Crippen molar-refractivity contribution in [2.45, 2.75) is 35.1 Å². The third kappa shape index (κ3) is 5.60. The summed E-state index contributed by atoms with van der Waals surface area (Å²) in [6.07, 6.45) is 3.65. The van der Waals surface area contributed by atoms with Crippen LogP contribution in [-0.4, -0.2) is 16.0 Å². The zero-order chi connectivity index (χ0) is 22.3. The predicted octanol–water partition coefficient (Wildman–Crippen LogP) is 6.52. The second kappa shape index (κ2) is 10.5. The first kappa shape index (κ1) is 22.2. The summed E-state index contributed by atoms with van der Waals surface area (Å²) >= 11 is 3.35. The Hall–Kier alpha value is -3.03. The molecule has 2 heterocycles. The number of rotatable bonds is 8. The van der Waals surface area contributed by atoms with Crippen LogP contribution in [0.15, 0.2) is 87.4 Å². The van der Waals surface area contributed by atoms with Gasteiger partial charge in [-0.25, -0.2) is 0 Å². The van der Waals surface area contributed by atoms with E-state index in [1.807, 2.05) is 74.6 Å². The van der Waals surface area contributed by atoms with Crippen molar-refractivity contribution in [2.24, 2.45) is 0 Å². The number of hydrogen-bond donors (Lipinski definition) is 1. The van der Waals surface area contributed by atoms with Crippen LogP contribution in [0.2, 0.25) is 0 Å². The molecule has 0 saturated heterocycles. The Kier molecular flexibility index (Phi) is 7.29. The fourth-order valence-electron chi connectivity index (χ4n) is 3.12. The zero-order valence-electron chi connectivity index (χ0n) is 17.9. The molecule has 1 amide bonds. The molecule has 0 saturated carbocycles. The van der Waals surface area contributed by atoms with E-state index in [1.54, 1.807) is 29.7 Å². The van der Waals surface area contributed by atoms with E-state index < -0.39 is 0 Å². The van der Waals surface area contributed by atoms with Gasteiger partial charge in [0, 0.05) is 44.9 Å². The fourth-order valence-corrected chi connectivity index (χ4v) is 5.16. The molecule has 0 bridgehead atoms. The van der Waals surface area contributed by atoms with Gasteiger partial charge in [-0.05, 0) is 61.9 Å². The SMILES string of the molecule is Cc1noc(C)c1CSc1ccccc1C(=O)Nc1ccc(SCc2cccnc2)cc1. The third-order valence-electron chi connectivity index (χ3n) is 4.93. The van der Waals surface area contributed by atoms with E-state index in [0.29, 0.717) is 11.3 Å². The quantitative estimate of drug-likeness (QED) is 0.301. The molecule has 0 radical (unpaired) electrons. The summed E-state index contributed by atoms with van der Waals surface area (Å²) in [7, 11) is 0. The van der Waals surface area contributed by atoms with Crippen molar-refractivity contribution in [3.8, 4) is 0 Å². The normalized spacial score (nSPS) is 10.8. The molecule has 32 heavy (non-hydrogen) atoms. The Morgan fingerprint density at radius 3 is 2.50 bits per heavy atom. The maximum absolute atomic E-state index is 13.0. The Bertz CT molecular complexity index is 1170. The van der Waals surface area contributed by atoms with Gasteiger partial charge in [0.2, 0.25) is 0 Å². The number of anilines is 1. The highest BCUT2D eigenvalue weighted by Gasteiger charge is 2.14. The van der Waals surface area contributed by atoms with Crippen molar-refractivity contribution in [2.75, 3.05) is 5.32 Å². The Balaban J connectivity index is 1.38.